The average molecular weight is 369 g/mol. The van der Waals surface area contributed by atoms with Crippen molar-refractivity contribution < 1.29 is 9.13 Å². The van der Waals surface area contributed by atoms with Gasteiger partial charge in [0.1, 0.15) is 5.82 Å². The summed E-state index contributed by atoms with van der Waals surface area (Å²) in [5.41, 5.74) is 1.42. The molecule has 8 heteroatoms. The summed E-state index contributed by atoms with van der Waals surface area (Å²) in [7, 11) is 0. The Hall–Kier alpha value is -3.16. The van der Waals surface area contributed by atoms with Gasteiger partial charge >= 0.3 is 6.01 Å². The molecule has 140 valence electrons. The van der Waals surface area contributed by atoms with Gasteiger partial charge in [0.15, 0.2) is 0 Å². The molecule has 0 fully saturated rings. The van der Waals surface area contributed by atoms with Gasteiger partial charge in [-0.15, -0.1) is 0 Å². The molecule has 27 heavy (non-hydrogen) atoms. The number of halogens is 1. The topological polar surface area (TPSA) is 82.8 Å². The van der Waals surface area contributed by atoms with Gasteiger partial charge in [0.2, 0.25) is 0 Å². The van der Waals surface area contributed by atoms with Crippen LogP contribution in [0.15, 0.2) is 47.8 Å². The van der Waals surface area contributed by atoms with E-state index in [-0.39, 0.29) is 23.5 Å². The highest BCUT2D eigenvalue weighted by molar-refractivity contribution is 5.55. The summed E-state index contributed by atoms with van der Waals surface area (Å²) in [4.78, 5) is 24.2. The molecule has 7 nitrogen and oxygen atoms in total. The Bertz CT molecular complexity index is 980. The molecule has 0 spiro atoms. The van der Waals surface area contributed by atoms with Crippen molar-refractivity contribution in [1.29, 1.82) is 0 Å². The molecule has 3 aromatic rings. The lowest BCUT2D eigenvalue weighted by Crippen LogP contribution is -2.23. The van der Waals surface area contributed by atoms with Crippen LogP contribution in [0.1, 0.15) is 26.3 Å². The Labute approximate surface area is 155 Å². The standard InChI is InChI=1S/C19H20FN5O2/c1-19(2,3)12-27-18-22-8-14(9-23-18)16-4-5-17(26)25(24-16)11-13-6-15(20)10-21-7-13/h4-10H,11-12H2,1-3H3. The van der Waals surface area contributed by atoms with Crippen molar-refractivity contribution in [3.05, 3.63) is 64.7 Å². The Morgan fingerprint density at radius 2 is 1.85 bits per heavy atom. The molecule has 0 amide bonds. The first kappa shape index (κ1) is 18.6. The minimum absolute atomic E-state index is 0.00482. The van der Waals surface area contributed by atoms with Crippen molar-refractivity contribution in [2.75, 3.05) is 6.61 Å². The van der Waals surface area contributed by atoms with E-state index in [0.29, 0.717) is 23.4 Å². The molecular formula is C19H20FN5O2. The smallest absolute Gasteiger partial charge is 0.316 e. The highest BCUT2D eigenvalue weighted by atomic mass is 19.1. The quantitative estimate of drug-likeness (QED) is 0.688. The first-order chi connectivity index (χ1) is 12.8. The van der Waals surface area contributed by atoms with Gasteiger partial charge in [-0.2, -0.15) is 5.10 Å². The Kier molecular flexibility index (Phi) is 5.25. The molecule has 0 aliphatic carbocycles. The molecule has 3 aromatic heterocycles. The van der Waals surface area contributed by atoms with Crippen LogP contribution in [0.2, 0.25) is 0 Å². The fourth-order valence-corrected chi connectivity index (χ4v) is 2.24. The molecule has 0 aromatic carbocycles. The zero-order chi connectivity index (χ0) is 19.4. The van der Waals surface area contributed by atoms with E-state index in [1.807, 2.05) is 0 Å². The number of aromatic nitrogens is 5. The van der Waals surface area contributed by atoms with E-state index in [1.54, 1.807) is 18.5 Å². The summed E-state index contributed by atoms with van der Waals surface area (Å²) in [5.74, 6) is -0.462. The lowest BCUT2D eigenvalue weighted by molar-refractivity contribution is 0.184. The Morgan fingerprint density at radius 1 is 1.11 bits per heavy atom. The summed E-state index contributed by atoms with van der Waals surface area (Å²) in [6.07, 6.45) is 5.78. The second-order valence-corrected chi connectivity index (χ2v) is 7.33. The molecule has 0 radical (unpaired) electrons. The third kappa shape index (κ3) is 5.16. The minimum atomic E-state index is -0.462. The third-order valence-electron chi connectivity index (χ3n) is 3.52. The van der Waals surface area contributed by atoms with Crippen LogP contribution in [0.4, 0.5) is 4.39 Å². The van der Waals surface area contributed by atoms with E-state index in [1.165, 1.54) is 23.0 Å². The van der Waals surface area contributed by atoms with Crippen molar-refractivity contribution in [3.63, 3.8) is 0 Å². The van der Waals surface area contributed by atoms with Crippen LogP contribution in [0.5, 0.6) is 6.01 Å². The maximum atomic E-state index is 13.3. The Morgan fingerprint density at radius 3 is 2.52 bits per heavy atom. The molecule has 0 aliphatic rings. The largest absolute Gasteiger partial charge is 0.463 e. The second-order valence-electron chi connectivity index (χ2n) is 7.33. The van der Waals surface area contributed by atoms with Gasteiger partial charge < -0.3 is 4.74 Å². The summed E-state index contributed by atoms with van der Waals surface area (Å²) in [6.45, 7) is 6.79. The van der Waals surface area contributed by atoms with Gasteiger partial charge in [-0.05, 0) is 23.1 Å². The van der Waals surface area contributed by atoms with Crippen LogP contribution in [0.25, 0.3) is 11.3 Å². The number of ether oxygens (including phenoxy) is 1. The monoisotopic (exact) mass is 369 g/mol. The summed E-state index contributed by atoms with van der Waals surface area (Å²) < 4.78 is 20.1. The van der Waals surface area contributed by atoms with Gasteiger partial charge in [0.25, 0.3) is 5.56 Å². The number of rotatable bonds is 5. The van der Waals surface area contributed by atoms with Crippen molar-refractivity contribution in [1.82, 2.24) is 24.7 Å². The highest BCUT2D eigenvalue weighted by Gasteiger charge is 2.12. The van der Waals surface area contributed by atoms with Crippen LogP contribution < -0.4 is 10.3 Å². The Balaban J connectivity index is 1.80. The van der Waals surface area contributed by atoms with E-state index in [4.69, 9.17) is 4.74 Å². The first-order valence-electron chi connectivity index (χ1n) is 8.43. The first-order valence-corrected chi connectivity index (χ1v) is 8.43. The molecule has 0 saturated carbocycles. The molecule has 0 N–H and O–H groups in total. The lowest BCUT2D eigenvalue weighted by atomic mass is 9.99. The summed E-state index contributed by atoms with van der Waals surface area (Å²) in [6, 6.07) is 4.60. The van der Waals surface area contributed by atoms with Gasteiger partial charge in [-0.25, -0.2) is 19.0 Å². The zero-order valence-corrected chi connectivity index (χ0v) is 15.4. The van der Waals surface area contributed by atoms with Crippen LogP contribution in [-0.2, 0) is 6.54 Å². The maximum Gasteiger partial charge on any atom is 0.316 e. The molecular weight excluding hydrogens is 349 g/mol. The molecule has 0 atom stereocenters. The molecule has 0 bridgehead atoms. The molecule has 0 unspecified atom stereocenters. The minimum Gasteiger partial charge on any atom is -0.463 e. The average Bonchev–Trinajstić information content (AvgIpc) is 2.62. The number of hydrogen-bond acceptors (Lipinski definition) is 6. The lowest BCUT2D eigenvalue weighted by Gasteiger charge is -2.17. The van der Waals surface area contributed by atoms with Gasteiger partial charge in [0.05, 0.1) is 25.0 Å². The summed E-state index contributed by atoms with van der Waals surface area (Å²) in [5, 5.41) is 4.32. The van der Waals surface area contributed by atoms with E-state index in [2.05, 4.69) is 40.8 Å². The fourth-order valence-electron chi connectivity index (χ4n) is 2.24. The predicted octanol–water partition coefficient (Wildman–Crippen LogP) is 2.71. The number of nitrogens with zero attached hydrogens (tertiary/aromatic N) is 5. The fraction of sp³-hybridized carbons (Fsp3) is 0.316. The van der Waals surface area contributed by atoms with Crippen LogP contribution >= 0.6 is 0 Å². The van der Waals surface area contributed by atoms with E-state index < -0.39 is 5.82 Å². The van der Waals surface area contributed by atoms with Gasteiger partial charge in [-0.3, -0.25) is 9.78 Å². The van der Waals surface area contributed by atoms with E-state index >= 15 is 0 Å². The molecule has 3 heterocycles. The zero-order valence-electron chi connectivity index (χ0n) is 15.4. The highest BCUT2D eigenvalue weighted by Crippen LogP contribution is 2.17. The van der Waals surface area contributed by atoms with Gasteiger partial charge in [-0.1, -0.05) is 20.8 Å². The van der Waals surface area contributed by atoms with E-state index in [0.717, 1.165) is 6.20 Å². The van der Waals surface area contributed by atoms with Crippen molar-refractivity contribution in [2.24, 2.45) is 5.41 Å². The van der Waals surface area contributed by atoms with Gasteiger partial charge in [0, 0.05) is 30.2 Å². The molecule has 0 aliphatic heterocycles. The SMILES string of the molecule is CC(C)(C)COc1ncc(-c2ccc(=O)n(Cc3cncc(F)c3)n2)cn1. The van der Waals surface area contributed by atoms with Crippen molar-refractivity contribution in [2.45, 2.75) is 27.3 Å². The molecule has 3 rings (SSSR count). The number of pyridine rings is 1. The summed E-state index contributed by atoms with van der Waals surface area (Å²) >= 11 is 0. The van der Waals surface area contributed by atoms with Crippen molar-refractivity contribution >= 4 is 0 Å². The third-order valence-corrected chi connectivity index (χ3v) is 3.52. The molecule has 0 saturated heterocycles. The van der Waals surface area contributed by atoms with E-state index in [9.17, 15) is 9.18 Å². The van der Waals surface area contributed by atoms with Crippen LogP contribution in [-0.4, -0.2) is 31.3 Å². The number of hydrogen-bond donors (Lipinski definition) is 0. The maximum absolute atomic E-state index is 13.3. The normalized spacial score (nSPS) is 11.4. The van der Waals surface area contributed by atoms with Crippen LogP contribution in [0.3, 0.4) is 0 Å². The second kappa shape index (κ2) is 7.61. The predicted molar refractivity (Wildman–Crippen MR) is 97.8 cm³/mol. The van der Waals surface area contributed by atoms with Crippen molar-refractivity contribution in [3.8, 4) is 17.3 Å². The van der Waals surface area contributed by atoms with Crippen LogP contribution in [0, 0.1) is 11.2 Å².